The maximum absolute atomic E-state index is 12.4. The lowest BCUT2D eigenvalue weighted by molar-refractivity contribution is -0.308. The fourth-order valence-electron chi connectivity index (χ4n) is 3.62. The molecule has 15 heteroatoms. The Balaban J connectivity index is 3.19. The topological polar surface area (TPSA) is 176 Å². The molecule has 1 fully saturated rings. The average Bonchev–Trinajstić information content (AvgIpc) is 2.83. The first-order valence-corrected chi connectivity index (χ1v) is 12.6. The lowest BCUT2D eigenvalue weighted by Crippen LogP contribution is -2.63. The van der Waals surface area contributed by atoms with Gasteiger partial charge in [0.05, 0.1) is 19.8 Å². The monoisotopic (exact) mass is 582 g/mol. The van der Waals surface area contributed by atoms with Crippen molar-refractivity contribution in [2.75, 3.05) is 26.4 Å². The minimum Gasteiger partial charge on any atom is -0.464 e. The molecule has 0 N–H and O–H groups in total. The second-order valence-corrected chi connectivity index (χ2v) is 8.93. The molecule has 0 spiro atoms. The molecule has 0 amide bonds. The van der Waals surface area contributed by atoms with Gasteiger partial charge >= 0.3 is 35.8 Å². The molecule has 14 nitrogen and oxygen atoms in total. The summed E-state index contributed by atoms with van der Waals surface area (Å²) in [6.07, 6.45) is -7.02. The molecule has 1 rings (SSSR count). The van der Waals surface area contributed by atoms with Crippen LogP contribution in [0.5, 0.6) is 0 Å². The number of carbonyl (C=O) groups is 6. The predicted octanol–water partition coefficient (Wildman–Crippen LogP) is 0.970. The Kier molecular flexibility index (Phi) is 14.2. The number of esters is 6. The molecule has 1 heterocycles. The highest BCUT2D eigenvalue weighted by atomic mass is 35.5. The highest BCUT2D eigenvalue weighted by Gasteiger charge is 2.53. The van der Waals surface area contributed by atoms with Crippen molar-refractivity contribution in [3.8, 4) is 0 Å². The van der Waals surface area contributed by atoms with E-state index >= 15 is 0 Å². The van der Waals surface area contributed by atoms with Crippen molar-refractivity contribution < 1.29 is 66.7 Å². The van der Waals surface area contributed by atoms with Gasteiger partial charge in [-0.1, -0.05) is 11.6 Å². The van der Waals surface area contributed by atoms with E-state index in [1.54, 1.807) is 13.8 Å². The van der Waals surface area contributed by atoms with Gasteiger partial charge in [-0.15, -0.1) is 0 Å². The van der Waals surface area contributed by atoms with Gasteiger partial charge in [0.15, 0.2) is 24.6 Å². The highest BCUT2D eigenvalue weighted by Crippen LogP contribution is 2.31. The fraction of sp³-hybridized carbons (Fsp3) is 0.750. The van der Waals surface area contributed by atoms with Crippen molar-refractivity contribution in [1.82, 2.24) is 0 Å². The third kappa shape index (κ3) is 10.6. The van der Waals surface area contributed by atoms with Gasteiger partial charge < -0.3 is 37.9 Å². The number of halogens is 1. The number of rotatable bonds is 14. The third-order valence-corrected chi connectivity index (χ3v) is 5.59. The maximum Gasteiger partial charge on any atom is 0.338 e. The molecule has 0 aromatic heterocycles. The molecule has 222 valence electrons. The predicted molar refractivity (Wildman–Crippen MR) is 129 cm³/mol. The summed E-state index contributed by atoms with van der Waals surface area (Å²) in [6.45, 7) is 6.86. The molecule has 39 heavy (non-hydrogen) atoms. The molecule has 1 saturated heterocycles. The fourth-order valence-corrected chi connectivity index (χ4v) is 3.86. The van der Waals surface area contributed by atoms with Crippen LogP contribution in [0.3, 0.4) is 0 Å². The zero-order valence-electron chi connectivity index (χ0n) is 22.7. The van der Waals surface area contributed by atoms with Gasteiger partial charge in [0.25, 0.3) is 0 Å². The van der Waals surface area contributed by atoms with Crippen molar-refractivity contribution in [2.45, 2.75) is 90.0 Å². The van der Waals surface area contributed by atoms with E-state index in [0.717, 1.165) is 27.7 Å². The van der Waals surface area contributed by atoms with Crippen LogP contribution in [-0.2, 0) is 66.7 Å². The van der Waals surface area contributed by atoms with E-state index in [1.165, 1.54) is 0 Å². The lowest BCUT2D eigenvalue weighted by atomic mass is 9.98. The Hall–Kier alpha value is -2.97. The molecule has 1 aliphatic heterocycles. The van der Waals surface area contributed by atoms with Crippen LogP contribution < -0.4 is 0 Å². The van der Waals surface area contributed by atoms with Gasteiger partial charge in [0, 0.05) is 27.7 Å². The molecule has 0 saturated carbocycles. The van der Waals surface area contributed by atoms with Crippen LogP contribution in [0, 0.1) is 0 Å². The maximum atomic E-state index is 12.4. The van der Waals surface area contributed by atoms with E-state index in [1.807, 2.05) is 0 Å². The molecule has 0 aliphatic carbocycles. The van der Waals surface area contributed by atoms with Gasteiger partial charge in [-0.3, -0.25) is 19.2 Å². The molecule has 5 unspecified atom stereocenters. The zero-order valence-corrected chi connectivity index (χ0v) is 23.5. The Morgan fingerprint density at radius 3 is 1.67 bits per heavy atom. The van der Waals surface area contributed by atoms with Crippen molar-refractivity contribution in [3.05, 3.63) is 0 Å². The second-order valence-electron chi connectivity index (χ2n) is 8.28. The summed E-state index contributed by atoms with van der Waals surface area (Å²) >= 11 is 6.30. The average molecular weight is 583 g/mol. The highest BCUT2D eigenvalue weighted by molar-refractivity contribution is 6.44. The number of carbonyl (C=O) groups excluding carboxylic acids is 6. The van der Waals surface area contributed by atoms with E-state index in [0.29, 0.717) is 0 Å². The Bertz CT molecular complexity index is 872. The summed E-state index contributed by atoms with van der Waals surface area (Å²) in [6, 6.07) is 0. The second kappa shape index (κ2) is 16.2. The number of ether oxygens (including phenoxy) is 8. The molecular weight excluding hydrogens is 548 g/mol. The Morgan fingerprint density at radius 2 is 1.21 bits per heavy atom. The van der Waals surface area contributed by atoms with Crippen LogP contribution in [0.1, 0.15) is 54.4 Å². The minimum absolute atomic E-state index is 0.00595. The van der Waals surface area contributed by atoms with Crippen LogP contribution in [0.4, 0.5) is 0 Å². The first kappa shape index (κ1) is 34.1. The zero-order chi connectivity index (χ0) is 29.8. The van der Waals surface area contributed by atoms with Crippen molar-refractivity contribution in [2.24, 2.45) is 0 Å². The van der Waals surface area contributed by atoms with Gasteiger partial charge in [0.1, 0.15) is 12.7 Å². The summed E-state index contributed by atoms with van der Waals surface area (Å²) in [4.78, 5) is 69.6. The van der Waals surface area contributed by atoms with Crippen LogP contribution in [0.2, 0.25) is 0 Å². The van der Waals surface area contributed by atoms with Gasteiger partial charge in [0.2, 0.25) is 4.87 Å². The van der Waals surface area contributed by atoms with E-state index < -0.39 is 78.0 Å². The summed E-state index contributed by atoms with van der Waals surface area (Å²) in [5.74, 6) is -5.00. The minimum atomic E-state index is -2.13. The number of hydrogen-bond acceptors (Lipinski definition) is 14. The van der Waals surface area contributed by atoms with Gasteiger partial charge in [-0.05, 0) is 26.7 Å². The van der Waals surface area contributed by atoms with Crippen LogP contribution in [-0.4, -0.2) is 97.8 Å². The van der Waals surface area contributed by atoms with E-state index in [-0.39, 0.29) is 32.7 Å². The van der Waals surface area contributed by atoms with E-state index in [2.05, 4.69) is 0 Å². The van der Waals surface area contributed by atoms with Crippen LogP contribution in [0.25, 0.3) is 0 Å². The standard InChI is InChI=1S/C24H35ClO14/c1-7-32-22(30)24(25,23(31)33-8-2)10-9-11-34-21-20(38-16(6)29)19(37-15(5)28)18(36-14(4)27)17(39-21)12-35-13(3)26/h17-21H,7-12H2,1-6H3. The normalized spacial score (nSPS) is 22.7. The third-order valence-electron chi connectivity index (χ3n) is 5.09. The summed E-state index contributed by atoms with van der Waals surface area (Å²) in [7, 11) is 0. The molecular formula is C24H35ClO14. The molecule has 0 radical (unpaired) electrons. The van der Waals surface area contributed by atoms with Crippen LogP contribution in [0.15, 0.2) is 0 Å². The van der Waals surface area contributed by atoms with Crippen molar-refractivity contribution in [1.29, 1.82) is 0 Å². The molecule has 0 aromatic rings. The summed E-state index contributed by atoms with van der Waals surface area (Å²) in [5, 5.41) is 0. The van der Waals surface area contributed by atoms with Crippen LogP contribution >= 0.6 is 11.6 Å². The SMILES string of the molecule is CCOC(=O)C(Cl)(CCCOC1OC(COC(C)=O)C(OC(C)=O)C(OC(C)=O)C1OC(C)=O)C(=O)OCC. The van der Waals surface area contributed by atoms with E-state index in [4.69, 9.17) is 49.5 Å². The summed E-state index contributed by atoms with van der Waals surface area (Å²) in [5.41, 5.74) is 0. The molecule has 5 atom stereocenters. The molecule has 1 aliphatic rings. The largest absolute Gasteiger partial charge is 0.464 e. The Labute approximate surface area is 230 Å². The summed E-state index contributed by atoms with van der Waals surface area (Å²) < 4.78 is 42.3. The lowest BCUT2D eigenvalue weighted by Gasteiger charge is -2.44. The quantitative estimate of drug-likeness (QED) is 0.0930. The van der Waals surface area contributed by atoms with Gasteiger partial charge in [-0.25, -0.2) is 9.59 Å². The first-order chi connectivity index (χ1) is 18.3. The Morgan fingerprint density at radius 1 is 0.718 bits per heavy atom. The smallest absolute Gasteiger partial charge is 0.338 e. The van der Waals surface area contributed by atoms with Crippen molar-refractivity contribution >= 4 is 47.4 Å². The van der Waals surface area contributed by atoms with E-state index in [9.17, 15) is 28.8 Å². The van der Waals surface area contributed by atoms with Gasteiger partial charge in [-0.2, -0.15) is 0 Å². The molecule has 0 bridgehead atoms. The van der Waals surface area contributed by atoms with Crippen molar-refractivity contribution in [3.63, 3.8) is 0 Å². The first-order valence-electron chi connectivity index (χ1n) is 12.2. The number of alkyl halides is 1. The molecule has 0 aromatic carbocycles. The number of hydrogen-bond donors (Lipinski definition) is 0.